The molecule has 66 heavy (non-hydrogen) atoms. The van der Waals surface area contributed by atoms with Gasteiger partial charge in [0.15, 0.2) is 0 Å². The van der Waals surface area contributed by atoms with Crippen molar-refractivity contribution in [3.8, 4) is 33.4 Å². The van der Waals surface area contributed by atoms with Gasteiger partial charge in [0.1, 0.15) is 0 Å². The highest BCUT2D eigenvalue weighted by molar-refractivity contribution is 6.24. The van der Waals surface area contributed by atoms with Crippen molar-refractivity contribution in [2.45, 2.75) is 38.5 Å². The summed E-state index contributed by atoms with van der Waals surface area (Å²) >= 11 is 0. The molecule has 2 heterocycles. The third-order valence-electron chi connectivity index (χ3n) is 14.5. The Morgan fingerprint density at radius 1 is 0.333 bits per heavy atom. The molecule has 0 radical (unpaired) electrons. The van der Waals surface area contributed by atoms with Crippen molar-refractivity contribution in [2.75, 3.05) is 9.80 Å². The summed E-state index contributed by atoms with van der Waals surface area (Å²) in [6, 6.07) is 77.5. The zero-order valence-corrected chi connectivity index (χ0v) is 36.9. The van der Waals surface area contributed by atoms with Crippen LogP contribution in [0, 0.1) is 0 Å². The predicted octanol–water partition coefficient (Wildman–Crippen LogP) is 17.4. The molecule has 0 atom stereocenters. The topological polar surface area (TPSA) is 6.48 Å². The van der Waals surface area contributed by atoms with E-state index >= 15 is 0 Å². The Balaban J connectivity index is 1.16. The van der Waals surface area contributed by atoms with Gasteiger partial charge >= 0.3 is 0 Å². The van der Waals surface area contributed by atoms with E-state index < -0.39 is 0 Å². The number of rotatable bonds is 5. The van der Waals surface area contributed by atoms with E-state index in [4.69, 9.17) is 0 Å². The van der Waals surface area contributed by atoms with E-state index in [1.165, 1.54) is 111 Å². The minimum Gasteiger partial charge on any atom is -0.310 e. The molecule has 0 amide bonds. The average molecular weight is 845 g/mol. The number of para-hydroxylation sites is 3. The Bertz CT molecular complexity index is 3560. The monoisotopic (exact) mass is 844 g/mol. The maximum Gasteiger partial charge on any atom is 0.0493 e. The van der Waals surface area contributed by atoms with Gasteiger partial charge in [-0.2, -0.15) is 0 Å². The number of hydrogen-bond acceptors (Lipinski definition) is 2. The highest BCUT2D eigenvalue weighted by Gasteiger charge is 2.28. The van der Waals surface area contributed by atoms with Gasteiger partial charge in [0.05, 0.1) is 0 Å². The number of benzene rings is 10. The molecule has 13 rings (SSSR count). The molecule has 2 heteroatoms. The lowest BCUT2D eigenvalue weighted by molar-refractivity contribution is 0.833. The lowest BCUT2D eigenvalue weighted by atomic mass is 9.82. The van der Waals surface area contributed by atoms with Crippen LogP contribution in [-0.4, -0.2) is 0 Å². The number of anilines is 5. The highest BCUT2D eigenvalue weighted by atomic mass is 15.2. The Labute approximate surface area is 387 Å². The summed E-state index contributed by atoms with van der Waals surface area (Å²) in [6.45, 7) is 0. The number of hydrogen-bond donors (Lipinski definition) is 0. The van der Waals surface area contributed by atoms with Crippen LogP contribution in [0.15, 0.2) is 230 Å². The van der Waals surface area contributed by atoms with Crippen LogP contribution in [0.1, 0.15) is 36.0 Å². The molecule has 0 spiro atoms. The van der Waals surface area contributed by atoms with Gasteiger partial charge < -0.3 is 9.80 Å². The second kappa shape index (κ2) is 15.9. The standard InChI is InChI=1S/C64H48N2/c1-2-22-48(23-3-1)63-55-39-37-50(66-61-31-14-7-20-46(61)35-36-47-21-8-15-32-62(47)66)42-58(55)64(54-27-11-10-26-53(54)52-28-16-24-43-17-4-9-25-51(43)52)56-40-38-49(41-57(56)63)65-59-29-12-5-18-44(59)33-34-45-19-6-13-30-60(45)65/h1-5,7-18,20-32,37-42H,6,19,33-36H2. The van der Waals surface area contributed by atoms with E-state index in [2.05, 4.69) is 228 Å². The van der Waals surface area contributed by atoms with Crippen LogP contribution in [0.4, 0.5) is 28.4 Å². The largest absolute Gasteiger partial charge is 0.310 e. The smallest absolute Gasteiger partial charge is 0.0493 e. The van der Waals surface area contributed by atoms with E-state index in [1.54, 1.807) is 5.57 Å². The van der Waals surface area contributed by atoms with Gasteiger partial charge in [-0.15, -0.1) is 0 Å². The molecular weight excluding hydrogens is 797 g/mol. The summed E-state index contributed by atoms with van der Waals surface area (Å²) in [5.74, 6) is 0. The molecule has 2 nitrogen and oxygen atoms in total. The minimum atomic E-state index is 1.00. The maximum absolute atomic E-state index is 2.56. The van der Waals surface area contributed by atoms with Crippen molar-refractivity contribution in [3.05, 3.63) is 246 Å². The van der Waals surface area contributed by atoms with Crippen LogP contribution in [0.25, 0.3) is 65.7 Å². The first-order chi connectivity index (χ1) is 32.8. The van der Waals surface area contributed by atoms with Crippen LogP contribution in [-0.2, 0) is 19.3 Å². The van der Waals surface area contributed by atoms with Gasteiger partial charge in [0.25, 0.3) is 0 Å². The number of nitrogens with zero attached hydrogens (tertiary/aromatic N) is 2. The molecule has 0 unspecified atom stereocenters. The van der Waals surface area contributed by atoms with Crippen molar-refractivity contribution < 1.29 is 0 Å². The first-order valence-electron chi connectivity index (χ1n) is 23.7. The molecule has 10 aromatic carbocycles. The van der Waals surface area contributed by atoms with Crippen LogP contribution in [0.3, 0.4) is 0 Å². The van der Waals surface area contributed by atoms with Crippen molar-refractivity contribution >= 4 is 60.8 Å². The van der Waals surface area contributed by atoms with Gasteiger partial charge in [-0.25, -0.2) is 0 Å². The first kappa shape index (κ1) is 38.5. The molecule has 0 fully saturated rings. The summed E-state index contributed by atoms with van der Waals surface area (Å²) in [7, 11) is 0. The van der Waals surface area contributed by atoms with E-state index in [1.807, 2.05) is 0 Å². The molecule has 0 saturated heterocycles. The minimum absolute atomic E-state index is 1.00. The molecule has 314 valence electrons. The third kappa shape index (κ3) is 6.31. The van der Waals surface area contributed by atoms with Crippen molar-refractivity contribution in [3.63, 3.8) is 0 Å². The van der Waals surface area contributed by atoms with Crippen molar-refractivity contribution in [1.82, 2.24) is 0 Å². The predicted molar refractivity (Wildman–Crippen MR) is 280 cm³/mol. The fourth-order valence-electron chi connectivity index (χ4n) is 11.5. The van der Waals surface area contributed by atoms with Crippen LogP contribution in [0.5, 0.6) is 0 Å². The van der Waals surface area contributed by atoms with E-state index in [0.29, 0.717) is 0 Å². The second-order valence-corrected chi connectivity index (χ2v) is 18.1. The molecular formula is C64H48N2. The summed E-state index contributed by atoms with van der Waals surface area (Å²) in [6.07, 6.45) is 11.1. The summed E-state index contributed by atoms with van der Waals surface area (Å²) in [4.78, 5) is 5.08. The third-order valence-corrected chi connectivity index (χ3v) is 14.5. The highest BCUT2D eigenvalue weighted by Crippen LogP contribution is 2.51. The van der Waals surface area contributed by atoms with E-state index in [9.17, 15) is 0 Å². The molecule has 0 bridgehead atoms. The zero-order chi connectivity index (χ0) is 43.6. The van der Waals surface area contributed by atoms with Crippen LogP contribution in [0.2, 0.25) is 0 Å². The fraction of sp³-hybridized carbons (Fsp3) is 0.0938. The van der Waals surface area contributed by atoms with Crippen LogP contribution >= 0.6 is 0 Å². The Hall–Kier alpha value is -7.94. The number of fused-ring (bicyclic) bond motifs is 6. The van der Waals surface area contributed by atoms with Gasteiger partial charge in [0.2, 0.25) is 0 Å². The molecule has 3 aliphatic rings. The normalized spacial score (nSPS) is 14.4. The van der Waals surface area contributed by atoms with Gasteiger partial charge in [-0.05, 0) is 175 Å². The van der Waals surface area contributed by atoms with Crippen molar-refractivity contribution in [2.24, 2.45) is 0 Å². The Morgan fingerprint density at radius 3 is 1.59 bits per heavy atom. The second-order valence-electron chi connectivity index (χ2n) is 18.1. The van der Waals surface area contributed by atoms with E-state index in [0.717, 1.165) is 44.2 Å². The number of allylic oxidation sites excluding steroid dienone is 3. The fourth-order valence-corrected chi connectivity index (χ4v) is 11.5. The van der Waals surface area contributed by atoms with E-state index in [-0.39, 0.29) is 0 Å². The summed E-state index contributed by atoms with van der Waals surface area (Å²) < 4.78 is 0. The number of aryl methyl sites for hydroxylation is 3. The zero-order valence-electron chi connectivity index (χ0n) is 36.9. The van der Waals surface area contributed by atoms with Gasteiger partial charge in [0, 0.05) is 34.1 Å². The molecule has 1 aliphatic carbocycles. The van der Waals surface area contributed by atoms with Crippen LogP contribution < -0.4 is 9.80 Å². The first-order valence-corrected chi connectivity index (χ1v) is 23.7. The van der Waals surface area contributed by atoms with Crippen molar-refractivity contribution in [1.29, 1.82) is 0 Å². The summed E-state index contributed by atoms with van der Waals surface area (Å²) in [5, 5.41) is 7.46. The quantitative estimate of drug-likeness (QED) is 0.159. The Morgan fingerprint density at radius 2 is 0.864 bits per heavy atom. The van der Waals surface area contributed by atoms with Gasteiger partial charge in [-0.1, -0.05) is 170 Å². The molecule has 0 saturated carbocycles. The molecule has 2 aliphatic heterocycles. The summed E-state index contributed by atoms with van der Waals surface area (Å²) in [5.41, 5.74) is 20.6. The lowest BCUT2D eigenvalue weighted by Crippen LogP contribution is -2.18. The molecule has 0 N–H and O–H groups in total. The molecule has 10 aromatic rings. The van der Waals surface area contributed by atoms with Gasteiger partial charge in [-0.3, -0.25) is 0 Å². The lowest BCUT2D eigenvalue weighted by Gasteiger charge is -2.31. The average Bonchev–Trinajstić information content (AvgIpc) is 3.66. The maximum atomic E-state index is 2.56. The SMILES string of the molecule is C1=CC2=C(CC1)CCc1ccccc1N2c1ccc2c(-c3ccccc3-c3cccc4ccccc34)c3cc(N4c5ccccc5CCc5ccccc54)ccc3c(-c3ccccc3)c2c1. The molecule has 0 aromatic heterocycles. The Kier molecular flexibility index (Phi) is 9.30.